The molecule has 3 rings (SSSR count). The number of benzene rings is 2. The highest BCUT2D eigenvalue weighted by Crippen LogP contribution is 2.22. The van der Waals surface area contributed by atoms with Gasteiger partial charge in [-0.15, -0.1) is 0 Å². The number of ether oxygens (including phenoxy) is 1. The maximum Gasteiger partial charge on any atom is 0.258 e. The molecular weight excluding hydrogens is 380 g/mol. The first-order valence-corrected chi connectivity index (χ1v) is 10.3. The number of carbonyl (C=O) groups is 3. The number of rotatable bonds is 9. The quantitative estimate of drug-likeness (QED) is 0.596. The minimum Gasteiger partial charge on any atom is -0.379 e. The molecule has 3 amide bonds. The van der Waals surface area contributed by atoms with Gasteiger partial charge in [-0.3, -0.25) is 19.3 Å². The van der Waals surface area contributed by atoms with Gasteiger partial charge >= 0.3 is 0 Å². The van der Waals surface area contributed by atoms with Crippen LogP contribution in [0, 0.1) is 5.92 Å². The Bertz CT molecular complexity index is 851. The molecule has 0 aromatic heterocycles. The van der Waals surface area contributed by atoms with E-state index in [1.165, 1.54) is 4.90 Å². The van der Waals surface area contributed by atoms with Crippen LogP contribution in [0.2, 0.25) is 0 Å². The van der Waals surface area contributed by atoms with Crippen molar-refractivity contribution in [2.24, 2.45) is 5.92 Å². The Kier molecular flexibility index (Phi) is 7.36. The predicted octanol–water partition coefficient (Wildman–Crippen LogP) is 3.52. The highest BCUT2D eigenvalue weighted by Gasteiger charge is 2.37. The van der Waals surface area contributed by atoms with E-state index < -0.39 is 6.04 Å². The Morgan fingerprint density at radius 1 is 0.933 bits per heavy atom. The summed E-state index contributed by atoms with van der Waals surface area (Å²) in [5.74, 6) is -0.279. The van der Waals surface area contributed by atoms with Gasteiger partial charge in [-0.05, 0) is 30.2 Å². The third-order valence-electron chi connectivity index (χ3n) is 4.94. The molecule has 0 N–H and O–H groups in total. The second kappa shape index (κ2) is 10.2. The fourth-order valence-electron chi connectivity index (χ4n) is 3.51. The Morgan fingerprint density at radius 3 is 2.07 bits per heavy atom. The van der Waals surface area contributed by atoms with Crippen molar-refractivity contribution in [1.29, 1.82) is 0 Å². The molecule has 6 heteroatoms. The van der Waals surface area contributed by atoms with Crippen LogP contribution in [0.3, 0.4) is 0 Å². The highest BCUT2D eigenvalue weighted by molar-refractivity contribution is 6.06. The number of imide groups is 1. The predicted molar refractivity (Wildman–Crippen MR) is 115 cm³/mol. The van der Waals surface area contributed by atoms with Gasteiger partial charge in [0.25, 0.3) is 5.91 Å². The summed E-state index contributed by atoms with van der Waals surface area (Å²) in [6.07, 6.45) is 0.412. The first kappa shape index (κ1) is 21.7. The van der Waals surface area contributed by atoms with Crippen LogP contribution in [0.15, 0.2) is 60.7 Å². The van der Waals surface area contributed by atoms with Crippen molar-refractivity contribution < 1.29 is 19.1 Å². The zero-order valence-electron chi connectivity index (χ0n) is 17.5. The first-order valence-electron chi connectivity index (χ1n) is 10.3. The SMILES string of the molecule is CC(C)COC[C@@H](CN(C(=O)c1ccccc1)c1ccccc1)N1C(=O)CCC1=O. The Labute approximate surface area is 177 Å². The van der Waals surface area contributed by atoms with E-state index in [0.717, 1.165) is 0 Å². The lowest BCUT2D eigenvalue weighted by Crippen LogP contribution is -2.50. The average molecular weight is 408 g/mol. The van der Waals surface area contributed by atoms with Crippen LogP contribution in [0.25, 0.3) is 0 Å². The van der Waals surface area contributed by atoms with Crippen LogP contribution in [-0.4, -0.2) is 48.4 Å². The molecule has 158 valence electrons. The maximum atomic E-state index is 13.3. The monoisotopic (exact) mass is 408 g/mol. The van der Waals surface area contributed by atoms with E-state index in [-0.39, 0.29) is 43.7 Å². The lowest BCUT2D eigenvalue weighted by molar-refractivity contribution is -0.142. The van der Waals surface area contributed by atoms with Gasteiger partial charge in [-0.1, -0.05) is 50.2 Å². The molecule has 1 aliphatic rings. The lowest BCUT2D eigenvalue weighted by atomic mass is 10.1. The zero-order valence-corrected chi connectivity index (χ0v) is 17.5. The lowest BCUT2D eigenvalue weighted by Gasteiger charge is -2.32. The maximum absolute atomic E-state index is 13.3. The standard InChI is InChI=1S/C24H28N2O4/c1-18(2)16-30-17-21(26-22(27)13-14-23(26)28)15-25(20-11-7-4-8-12-20)24(29)19-9-5-3-6-10-19/h3-12,18,21H,13-17H2,1-2H3/t21-/m1/s1. The normalized spacial score (nSPS) is 15.0. The summed E-state index contributed by atoms with van der Waals surface area (Å²) in [6.45, 7) is 4.96. The molecule has 1 heterocycles. The third kappa shape index (κ3) is 5.33. The van der Waals surface area contributed by atoms with E-state index in [1.807, 2.05) is 62.4 Å². The van der Waals surface area contributed by atoms with Crippen molar-refractivity contribution in [1.82, 2.24) is 4.90 Å². The molecule has 0 unspecified atom stereocenters. The van der Waals surface area contributed by atoms with Gasteiger partial charge in [0.2, 0.25) is 11.8 Å². The molecule has 0 aliphatic carbocycles. The largest absolute Gasteiger partial charge is 0.379 e. The number of anilines is 1. The summed E-state index contributed by atoms with van der Waals surface area (Å²) >= 11 is 0. The first-order chi connectivity index (χ1) is 14.5. The van der Waals surface area contributed by atoms with E-state index in [4.69, 9.17) is 4.74 Å². The van der Waals surface area contributed by atoms with E-state index in [2.05, 4.69) is 0 Å². The van der Waals surface area contributed by atoms with Crippen molar-refractivity contribution in [3.63, 3.8) is 0 Å². The number of likely N-dealkylation sites (tertiary alicyclic amines) is 1. The molecule has 1 saturated heterocycles. The molecular formula is C24H28N2O4. The number of para-hydroxylation sites is 1. The fourth-order valence-corrected chi connectivity index (χ4v) is 3.51. The van der Waals surface area contributed by atoms with Gasteiger partial charge in [0.1, 0.15) is 0 Å². The van der Waals surface area contributed by atoms with Crippen LogP contribution >= 0.6 is 0 Å². The van der Waals surface area contributed by atoms with E-state index in [0.29, 0.717) is 23.8 Å². The minimum absolute atomic E-state index is 0.174. The van der Waals surface area contributed by atoms with Crippen LogP contribution in [-0.2, 0) is 14.3 Å². The Morgan fingerprint density at radius 2 is 1.50 bits per heavy atom. The summed E-state index contributed by atoms with van der Waals surface area (Å²) in [5, 5.41) is 0. The van der Waals surface area contributed by atoms with Gasteiger partial charge in [-0.2, -0.15) is 0 Å². The van der Waals surface area contributed by atoms with Crippen LogP contribution in [0.5, 0.6) is 0 Å². The summed E-state index contributed by atoms with van der Waals surface area (Å²) in [6, 6.07) is 17.7. The van der Waals surface area contributed by atoms with Crippen LogP contribution in [0.4, 0.5) is 5.69 Å². The van der Waals surface area contributed by atoms with Gasteiger partial charge in [0.05, 0.1) is 12.6 Å². The summed E-state index contributed by atoms with van der Waals surface area (Å²) < 4.78 is 5.80. The third-order valence-corrected chi connectivity index (χ3v) is 4.94. The van der Waals surface area contributed by atoms with Gasteiger partial charge in [0, 0.05) is 37.2 Å². The van der Waals surface area contributed by atoms with Gasteiger partial charge in [-0.25, -0.2) is 0 Å². The topological polar surface area (TPSA) is 66.9 Å². The Hall–Kier alpha value is -2.99. The molecule has 0 radical (unpaired) electrons. The number of hydrogen-bond donors (Lipinski definition) is 0. The Balaban J connectivity index is 1.90. The van der Waals surface area contributed by atoms with E-state index in [9.17, 15) is 14.4 Å². The fraction of sp³-hybridized carbons (Fsp3) is 0.375. The number of nitrogens with zero attached hydrogens (tertiary/aromatic N) is 2. The molecule has 0 bridgehead atoms. The minimum atomic E-state index is -0.542. The smallest absolute Gasteiger partial charge is 0.258 e. The molecule has 2 aromatic carbocycles. The van der Waals surface area contributed by atoms with Crippen molar-refractivity contribution in [3.8, 4) is 0 Å². The molecule has 6 nitrogen and oxygen atoms in total. The summed E-state index contributed by atoms with van der Waals surface area (Å²) in [4.78, 5) is 41.1. The summed E-state index contributed by atoms with van der Waals surface area (Å²) in [5.41, 5.74) is 1.25. The molecule has 1 aliphatic heterocycles. The van der Waals surface area contributed by atoms with E-state index >= 15 is 0 Å². The molecule has 2 aromatic rings. The molecule has 1 atom stereocenters. The number of carbonyl (C=O) groups excluding carboxylic acids is 3. The average Bonchev–Trinajstić information content (AvgIpc) is 3.09. The van der Waals surface area contributed by atoms with Crippen molar-refractivity contribution in [2.45, 2.75) is 32.7 Å². The summed E-state index contributed by atoms with van der Waals surface area (Å²) in [7, 11) is 0. The van der Waals surface area contributed by atoms with Crippen LogP contribution in [0.1, 0.15) is 37.0 Å². The van der Waals surface area contributed by atoms with Crippen molar-refractivity contribution >= 4 is 23.4 Å². The zero-order chi connectivity index (χ0) is 21.5. The second-order valence-corrected chi connectivity index (χ2v) is 7.86. The molecule has 30 heavy (non-hydrogen) atoms. The van der Waals surface area contributed by atoms with Gasteiger partial charge < -0.3 is 9.64 Å². The molecule has 0 spiro atoms. The van der Waals surface area contributed by atoms with E-state index in [1.54, 1.807) is 17.0 Å². The number of amides is 3. The van der Waals surface area contributed by atoms with Crippen LogP contribution < -0.4 is 4.90 Å². The molecule has 0 saturated carbocycles. The highest BCUT2D eigenvalue weighted by atomic mass is 16.5. The second-order valence-electron chi connectivity index (χ2n) is 7.86. The van der Waals surface area contributed by atoms with Crippen molar-refractivity contribution in [2.75, 3.05) is 24.7 Å². The van der Waals surface area contributed by atoms with Crippen molar-refractivity contribution in [3.05, 3.63) is 66.2 Å². The van der Waals surface area contributed by atoms with Gasteiger partial charge in [0.15, 0.2) is 0 Å². The molecule has 1 fully saturated rings. The number of hydrogen-bond acceptors (Lipinski definition) is 4.